The van der Waals surface area contributed by atoms with Crippen LogP contribution < -0.4 is 0 Å². The second-order valence-electron chi connectivity index (χ2n) is 2.27. The van der Waals surface area contributed by atoms with Crippen molar-refractivity contribution in [3.05, 3.63) is 10.3 Å². The van der Waals surface area contributed by atoms with E-state index in [2.05, 4.69) is 26.2 Å². The highest BCUT2D eigenvalue weighted by Gasteiger charge is 2.16. The first-order valence-electron chi connectivity index (χ1n) is 3.27. The van der Waals surface area contributed by atoms with Gasteiger partial charge in [-0.2, -0.15) is 5.26 Å². The number of aryl methyl sites for hydroxylation is 1. The average molecular weight is 231 g/mol. The molecule has 1 heterocycles. The van der Waals surface area contributed by atoms with Gasteiger partial charge in [-0.05, 0) is 15.9 Å². The molecule has 0 radical (unpaired) electrons. The third-order valence-electron chi connectivity index (χ3n) is 1.43. The molecule has 0 aliphatic heterocycles. The van der Waals surface area contributed by atoms with Crippen molar-refractivity contribution in [2.45, 2.75) is 12.5 Å². The third kappa shape index (κ3) is 1.62. The molecule has 1 N–H and O–H groups in total. The van der Waals surface area contributed by atoms with Gasteiger partial charge in [-0.15, -0.1) is 5.10 Å². The lowest BCUT2D eigenvalue weighted by atomic mass is 10.2. The standard InChI is InChI=1S/C6H7BrN4O/c1-11-5(4(12)2-3-8)6(7)9-10-11/h4,12H,2H2,1H3. The van der Waals surface area contributed by atoms with Gasteiger partial charge in [-0.1, -0.05) is 5.21 Å². The van der Waals surface area contributed by atoms with Gasteiger partial charge in [-0.3, -0.25) is 0 Å². The molecule has 64 valence electrons. The van der Waals surface area contributed by atoms with E-state index >= 15 is 0 Å². The Morgan fingerprint density at radius 2 is 2.50 bits per heavy atom. The van der Waals surface area contributed by atoms with Crippen LogP contribution in [0.2, 0.25) is 0 Å². The van der Waals surface area contributed by atoms with Gasteiger partial charge in [0.15, 0.2) is 4.60 Å². The van der Waals surface area contributed by atoms with Crippen molar-refractivity contribution in [2.75, 3.05) is 0 Å². The molecule has 5 nitrogen and oxygen atoms in total. The molecule has 0 saturated carbocycles. The molecule has 0 aliphatic carbocycles. The number of aliphatic hydroxyl groups excluding tert-OH is 1. The maximum Gasteiger partial charge on any atom is 0.154 e. The molecule has 0 aromatic carbocycles. The van der Waals surface area contributed by atoms with Crippen LogP contribution in [0.25, 0.3) is 0 Å². The van der Waals surface area contributed by atoms with Crippen LogP contribution in [0.5, 0.6) is 0 Å². The largest absolute Gasteiger partial charge is 0.386 e. The van der Waals surface area contributed by atoms with Crippen LogP contribution in [0.4, 0.5) is 0 Å². The molecule has 1 aromatic rings. The van der Waals surface area contributed by atoms with Crippen molar-refractivity contribution in [2.24, 2.45) is 7.05 Å². The minimum absolute atomic E-state index is 0.0415. The van der Waals surface area contributed by atoms with Crippen molar-refractivity contribution in [1.29, 1.82) is 5.26 Å². The highest BCUT2D eigenvalue weighted by molar-refractivity contribution is 9.10. The lowest BCUT2D eigenvalue weighted by molar-refractivity contribution is 0.172. The zero-order valence-corrected chi connectivity index (χ0v) is 7.98. The quantitative estimate of drug-likeness (QED) is 0.805. The Morgan fingerprint density at radius 1 is 1.83 bits per heavy atom. The van der Waals surface area contributed by atoms with E-state index in [0.29, 0.717) is 10.3 Å². The smallest absolute Gasteiger partial charge is 0.154 e. The predicted octanol–water partition coefficient (Wildman–Crippen LogP) is 0.525. The van der Waals surface area contributed by atoms with Gasteiger partial charge >= 0.3 is 0 Å². The Kier molecular flexibility index (Phi) is 2.78. The molecule has 6 heteroatoms. The van der Waals surface area contributed by atoms with Gasteiger partial charge in [0.25, 0.3) is 0 Å². The normalized spacial score (nSPS) is 12.5. The Balaban J connectivity index is 2.94. The van der Waals surface area contributed by atoms with Crippen LogP contribution in [0.1, 0.15) is 18.2 Å². The zero-order chi connectivity index (χ0) is 9.14. The molecule has 0 bridgehead atoms. The lowest BCUT2D eigenvalue weighted by Gasteiger charge is -2.05. The summed E-state index contributed by atoms with van der Waals surface area (Å²) in [6.45, 7) is 0. The van der Waals surface area contributed by atoms with E-state index in [0.717, 1.165) is 0 Å². The maximum atomic E-state index is 9.42. The van der Waals surface area contributed by atoms with Crippen molar-refractivity contribution in [3.8, 4) is 6.07 Å². The highest BCUT2D eigenvalue weighted by atomic mass is 79.9. The number of hydrogen-bond donors (Lipinski definition) is 1. The maximum absolute atomic E-state index is 9.42. The predicted molar refractivity (Wildman–Crippen MR) is 43.9 cm³/mol. The fraction of sp³-hybridized carbons (Fsp3) is 0.500. The highest BCUT2D eigenvalue weighted by Crippen LogP contribution is 2.21. The van der Waals surface area contributed by atoms with E-state index in [-0.39, 0.29) is 6.42 Å². The fourth-order valence-electron chi connectivity index (χ4n) is 0.876. The minimum Gasteiger partial charge on any atom is -0.386 e. The van der Waals surface area contributed by atoms with E-state index in [1.807, 2.05) is 6.07 Å². The number of hydrogen-bond acceptors (Lipinski definition) is 4. The molecule has 0 spiro atoms. The molecule has 1 aromatic heterocycles. The summed E-state index contributed by atoms with van der Waals surface area (Å²) in [4.78, 5) is 0. The number of halogens is 1. The Labute approximate surface area is 77.7 Å². The molecular formula is C6H7BrN4O. The van der Waals surface area contributed by atoms with E-state index in [4.69, 9.17) is 5.26 Å². The fourth-order valence-corrected chi connectivity index (χ4v) is 1.47. The van der Waals surface area contributed by atoms with E-state index < -0.39 is 6.10 Å². The number of rotatable bonds is 2. The zero-order valence-electron chi connectivity index (χ0n) is 6.40. The van der Waals surface area contributed by atoms with Crippen molar-refractivity contribution in [1.82, 2.24) is 15.0 Å². The number of aromatic nitrogens is 3. The topological polar surface area (TPSA) is 74.7 Å². The SMILES string of the molecule is Cn1nnc(Br)c1C(O)CC#N. The van der Waals surface area contributed by atoms with Crippen LogP contribution in [-0.2, 0) is 7.05 Å². The third-order valence-corrected chi connectivity index (χ3v) is 1.99. The number of nitriles is 1. The summed E-state index contributed by atoms with van der Waals surface area (Å²) >= 11 is 3.12. The van der Waals surface area contributed by atoms with Crippen LogP contribution >= 0.6 is 15.9 Å². The van der Waals surface area contributed by atoms with E-state index in [1.165, 1.54) is 4.68 Å². The Bertz CT molecular complexity index is 296. The van der Waals surface area contributed by atoms with Gasteiger partial charge in [0.1, 0.15) is 11.8 Å². The molecule has 0 aliphatic rings. The molecule has 0 saturated heterocycles. The second-order valence-corrected chi connectivity index (χ2v) is 3.02. The molecule has 0 fully saturated rings. The van der Waals surface area contributed by atoms with Crippen LogP contribution in [0.15, 0.2) is 4.60 Å². The lowest BCUT2D eigenvalue weighted by Crippen LogP contribution is -2.05. The van der Waals surface area contributed by atoms with Gasteiger partial charge < -0.3 is 5.11 Å². The molecule has 1 unspecified atom stereocenters. The summed E-state index contributed by atoms with van der Waals surface area (Å²) in [5.74, 6) is 0. The van der Waals surface area contributed by atoms with Crippen molar-refractivity contribution in [3.63, 3.8) is 0 Å². The first-order valence-corrected chi connectivity index (χ1v) is 4.06. The van der Waals surface area contributed by atoms with Crippen molar-refractivity contribution >= 4 is 15.9 Å². The van der Waals surface area contributed by atoms with Gasteiger partial charge in [0, 0.05) is 7.05 Å². The van der Waals surface area contributed by atoms with E-state index in [1.54, 1.807) is 7.05 Å². The van der Waals surface area contributed by atoms with Gasteiger partial charge in [0.05, 0.1) is 12.5 Å². The molecule has 12 heavy (non-hydrogen) atoms. The first kappa shape index (κ1) is 9.16. The van der Waals surface area contributed by atoms with Gasteiger partial charge in [0.2, 0.25) is 0 Å². The summed E-state index contributed by atoms with van der Waals surface area (Å²) in [6.07, 6.45) is -0.788. The number of aliphatic hydroxyl groups is 1. The molecular weight excluding hydrogens is 224 g/mol. The summed E-state index contributed by atoms with van der Waals surface area (Å²) in [7, 11) is 1.66. The monoisotopic (exact) mass is 230 g/mol. The van der Waals surface area contributed by atoms with Crippen LogP contribution in [0.3, 0.4) is 0 Å². The number of nitrogens with zero attached hydrogens (tertiary/aromatic N) is 4. The Morgan fingerprint density at radius 3 is 2.92 bits per heavy atom. The van der Waals surface area contributed by atoms with Gasteiger partial charge in [-0.25, -0.2) is 4.68 Å². The Hall–Kier alpha value is -0.930. The molecule has 1 atom stereocenters. The summed E-state index contributed by atoms with van der Waals surface area (Å²) in [6, 6.07) is 1.87. The summed E-state index contributed by atoms with van der Waals surface area (Å²) < 4.78 is 1.92. The van der Waals surface area contributed by atoms with Crippen molar-refractivity contribution < 1.29 is 5.11 Å². The average Bonchev–Trinajstić information content (AvgIpc) is 2.32. The molecule has 1 rings (SSSR count). The van der Waals surface area contributed by atoms with Crippen LogP contribution in [-0.4, -0.2) is 20.1 Å². The first-order chi connectivity index (χ1) is 5.66. The van der Waals surface area contributed by atoms with Crippen LogP contribution in [0, 0.1) is 11.3 Å². The second kappa shape index (κ2) is 3.65. The molecule has 0 amide bonds. The van der Waals surface area contributed by atoms with E-state index in [9.17, 15) is 5.11 Å². The minimum atomic E-state index is -0.829. The summed E-state index contributed by atoms with van der Waals surface area (Å²) in [5.41, 5.74) is 0.525. The summed E-state index contributed by atoms with van der Waals surface area (Å²) in [5, 5.41) is 25.1.